The first-order chi connectivity index (χ1) is 9.86. The Morgan fingerprint density at radius 2 is 2.10 bits per heavy atom. The average molecular weight is 288 g/mol. The van der Waals surface area contributed by atoms with Crippen molar-refractivity contribution in [1.82, 2.24) is 19.7 Å². The van der Waals surface area contributed by atoms with Crippen LogP contribution in [0.25, 0.3) is 11.0 Å². The van der Waals surface area contributed by atoms with E-state index in [9.17, 15) is 4.79 Å². The highest BCUT2D eigenvalue weighted by Crippen LogP contribution is 2.23. The third-order valence-electron chi connectivity index (χ3n) is 4.02. The fourth-order valence-corrected chi connectivity index (χ4v) is 2.74. The predicted molar refractivity (Wildman–Crippen MR) is 84.4 cm³/mol. The highest BCUT2D eigenvalue weighted by atomic mass is 16.2. The van der Waals surface area contributed by atoms with Crippen LogP contribution in [0.3, 0.4) is 0 Å². The summed E-state index contributed by atoms with van der Waals surface area (Å²) in [4.78, 5) is 19.2. The van der Waals surface area contributed by atoms with Crippen molar-refractivity contribution < 1.29 is 4.79 Å². The van der Waals surface area contributed by atoms with Gasteiger partial charge in [-0.15, -0.1) is 0 Å². The van der Waals surface area contributed by atoms with E-state index in [1.54, 1.807) is 4.68 Å². The molecule has 0 bridgehead atoms. The van der Waals surface area contributed by atoms with E-state index in [1.165, 1.54) is 0 Å². The number of fused-ring (bicyclic) bond motifs is 1. The number of carbonyl (C=O) groups excluding carboxylic acids is 1. The number of pyridine rings is 1. The summed E-state index contributed by atoms with van der Waals surface area (Å²) >= 11 is 0. The smallest absolute Gasteiger partial charge is 0.254 e. The number of aromatic nitrogens is 3. The Hall–Kier alpha value is -1.91. The molecule has 0 aromatic carbocycles. The normalized spacial score (nSPS) is 12.7. The summed E-state index contributed by atoms with van der Waals surface area (Å²) in [6.45, 7) is 8.05. The van der Waals surface area contributed by atoms with Crippen LogP contribution in [0, 0.1) is 13.8 Å². The number of carbonyl (C=O) groups is 1. The summed E-state index contributed by atoms with van der Waals surface area (Å²) in [6, 6.07) is 2.09. The molecular weight excluding hydrogens is 264 g/mol. The molecule has 2 aromatic heterocycles. The molecule has 0 fully saturated rings. The van der Waals surface area contributed by atoms with Crippen molar-refractivity contribution in [2.45, 2.75) is 46.6 Å². The van der Waals surface area contributed by atoms with Gasteiger partial charge in [0.2, 0.25) is 0 Å². The Morgan fingerprint density at radius 1 is 1.43 bits per heavy atom. The fourth-order valence-electron chi connectivity index (χ4n) is 2.74. The predicted octanol–water partition coefficient (Wildman–Crippen LogP) is 2.85. The van der Waals surface area contributed by atoms with E-state index in [0.717, 1.165) is 35.3 Å². The Balaban J connectivity index is 2.53. The molecule has 0 saturated heterocycles. The molecule has 0 aliphatic heterocycles. The molecule has 0 spiro atoms. The van der Waals surface area contributed by atoms with Gasteiger partial charge in [-0.3, -0.25) is 9.48 Å². The molecule has 114 valence electrons. The lowest BCUT2D eigenvalue weighted by atomic mass is 10.1. The number of nitrogens with zero attached hydrogens (tertiary/aromatic N) is 4. The van der Waals surface area contributed by atoms with Gasteiger partial charge in [0.05, 0.1) is 16.6 Å². The van der Waals surface area contributed by atoms with Gasteiger partial charge in [0.25, 0.3) is 5.91 Å². The van der Waals surface area contributed by atoms with Crippen molar-refractivity contribution in [2.75, 3.05) is 7.05 Å². The van der Waals surface area contributed by atoms with Gasteiger partial charge in [0.1, 0.15) is 0 Å². The molecule has 2 heterocycles. The zero-order valence-electron chi connectivity index (χ0n) is 13.8. The Labute approximate surface area is 126 Å². The second-order valence-corrected chi connectivity index (χ2v) is 5.77. The van der Waals surface area contributed by atoms with Crippen molar-refractivity contribution in [2.24, 2.45) is 7.05 Å². The summed E-state index contributed by atoms with van der Waals surface area (Å²) < 4.78 is 1.74. The van der Waals surface area contributed by atoms with Crippen LogP contribution in [0.5, 0.6) is 0 Å². The molecule has 1 atom stereocenters. The molecular formula is C16H24N4O. The van der Waals surface area contributed by atoms with Gasteiger partial charge in [-0.05, 0) is 33.3 Å². The quantitative estimate of drug-likeness (QED) is 0.869. The fraction of sp³-hybridized carbons (Fsp3) is 0.562. The van der Waals surface area contributed by atoms with E-state index in [1.807, 2.05) is 38.9 Å². The van der Waals surface area contributed by atoms with Crippen LogP contribution in [0.4, 0.5) is 0 Å². The van der Waals surface area contributed by atoms with Gasteiger partial charge in [0.15, 0.2) is 5.65 Å². The topological polar surface area (TPSA) is 51.0 Å². The van der Waals surface area contributed by atoms with Crippen molar-refractivity contribution in [3.8, 4) is 0 Å². The van der Waals surface area contributed by atoms with Gasteiger partial charge in [-0.1, -0.05) is 13.3 Å². The third kappa shape index (κ3) is 2.77. The summed E-state index contributed by atoms with van der Waals surface area (Å²) in [5.74, 6) is 0.0440. The number of rotatable bonds is 4. The molecule has 0 saturated carbocycles. The van der Waals surface area contributed by atoms with Gasteiger partial charge < -0.3 is 4.90 Å². The number of hydrogen-bond acceptors (Lipinski definition) is 3. The highest BCUT2D eigenvalue weighted by molar-refractivity contribution is 6.06. The van der Waals surface area contributed by atoms with Gasteiger partial charge in [0, 0.05) is 25.8 Å². The molecule has 5 heteroatoms. The molecule has 0 aliphatic rings. The second-order valence-electron chi connectivity index (χ2n) is 5.77. The standard InChI is InChI=1S/C16H24N4O/c1-7-8-11(3)19(5)16(21)13-9-10(2)17-15-14(13)12(4)18-20(15)6/h9,11H,7-8H2,1-6H3. The van der Waals surface area contributed by atoms with Crippen LogP contribution in [0.2, 0.25) is 0 Å². The van der Waals surface area contributed by atoms with Gasteiger partial charge in [-0.25, -0.2) is 4.98 Å². The molecule has 0 aliphatic carbocycles. The minimum absolute atomic E-state index is 0.0440. The molecule has 0 N–H and O–H groups in total. The van der Waals surface area contributed by atoms with Crippen LogP contribution in [0.1, 0.15) is 48.4 Å². The highest BCUT2D eigenvalue weighted by Gasteiger charge is 2.22. The van der Waals surface area contributed by atoms with Crippen molar-refractivity contribution >= 4 is 16.9 Å². The zero-order chi connectivity index (χ0) is 15.7. The summed E-state index contributed by atoms with van der Waals surface area (Å²) in [6.07, 6.45) is 2.07. The van der Waals surface area contributed by atoms with E-state index in [-0.39, 0.29) is 11.9 Å². The second kappa shape index (κ2) is 5.84. The lowest BCUT2D eigenvalue weighted by Gasteiger charge is -2.25. The summed E-state index contributed by atoms with van der Waals surface area (Å²) in [5, 5.41) is 5.26. The van der Waals surface area contributed by atoms with Crippen molar-refractivity contribution in [1.29, 1.82) is 0 Å². The van der Waals surface area contributed by atoms with Crippen molar-refractivity contribution in [3.05, 3.63) is 23.0 Å². The number of aryl methyl sites for hydroxylation is 3. The maximum absolute atomic E-state index is 12.8. The van der Waals surface area contributed by atoms with Crippen LogP contribution in [-0.2, 0) is 7.05 Å². The minimum atomic E-state index is 0.0440. The first kappa shape index (κ1) is 15.5. The lowest BCUT2D eigenvalue weighted by Crippen LogP contribution is -2.35. The van der Waals surface area contributed by atoms with Gasteiger partial charge >= 0.3 is 0 Å². The molecule has 0 radical (unpaired) electrons. The van der Waals surface area contributed by atoms with Crippen LogP contribution < -0.4 is 0 Å². The van der Waals surface area contributed by atoms with E-state index in [2.05, 4.69) is 23.9 Å². The van der Waals surface area contributed by atoms with Gasteiger partial charge in [-0.2, -0.15) is 5.10 Å². The Kier molecular flexibility index (Phi) is 4.30. The first-order valence-electron chi connectivity index (χ1n) is 7.44. The van der Waals surface area contributed by atoms with Crippen LogP contribution in [0.15, 0.2) is 6.07 Å². The lowest BCUT2D eigenvalue weighted by molar-refractivity contribution is 0.0738. The van der Waals surface area contributed by atoms with E-state index in [4.69, 9.17) is 0 Å². The SMILES string of the molecule is CCCC(C)N(C)C(=O)c1cc(C)nc2c1c(C)nn2C. The maximum atomic E-state index is 12.8. The minimum Gasteiger partial charge on any atom is -0.339 e. The average Bonchev–Trinajstić information content (AvgIpc) is 2.71. The van der Waals surface area contributed by atoms with E-state index in [0.29, 0.717) is 5.56 Å². The molecule has 2 rings (SSSR count). The summed E-state index contributed by atoms with van der Waals surface area (Å²) in [7, 11) is 3.73. The molecule has 2 aromatic rings. The molecule has 1 amide bonds. The zero-order valence-corrected chi connectivity index (χ0v) is 13.8. The Bertz CT molecular complexity index is 674. The molecule has 5 nitrogen and oxygen atoms in total. The number of hydrogen-bond donors (Lipinski definition) is 0. The van der Waals surface area contributed by atoms with Crippen LogP contribution >= 0.6 is 0 Å². The molecule has 21 heavy (non-hydrogen) atoms. The van der Waals surface area contributed by atoms with E-state index >= 15 is 0 Å². The maximum Gasteiger partial charge on any atom is 0.254 e. The Morgan fingerprint density at radius 3 is 2.71 bits per heavy atom. The monoisotopic (exact) mass is 288 g/mol. The first-order valence-corrected chi connectivity index (χ1v) is 7.44. The van der Waals surface area contributed by atoms with E-state index < -0.39 is 0 Å². The molecule has 1 unspecified atom stereocenters. The summed E-state index contributed by atoms with van der Waals surface area (Å²) in [5.41, 5.74) is 3.16. The van der Waals surface area contributed by atoms with Crippen molar-refractivity contribution in [3.63, 3.8) is 0 Å². The number of amides is 1. The largest absolute Gasteiger partial charge is 0.339 e. The third-order valence-corrected chi connectivity index (χ3v) is 4.02. The van der Waals surface area contributed by atoms with Crippen LogP contribution in [-0.4, -0.2) is 38.7 Å².